The van der Waals surface area contributed by atoms with E-state index in [2.05, 4.69) is 20.1 Å². The molecule has 1 aromatic carbocycles. The number of benzene rings is 1. The summed E-state index contributed by atoms with van der Waals surface area (Å²) in [5.41, 5.74) is 0.789. The molecule has 2 fully saturated rings. The number of rotatable bonds is 6. The number of anilines is 3. The number of nitrogens with zero attached hydrogens (tertiary/aromatic N) is 5. The lowest BCUT2D eigenvalue weighted by atomic mass is 10.2. The molecular weight excluding hydrogens is 396 g/mol. The maximum absolute atomic E-state index is 12.6. The van der Waals surface area contributed by atoms with Crippen LogP contribution >= 0.6 is 0 Å². The Morgan fingerprint density at radius 3 is 2.65 bits per heavy atom. The maximum atomic E-state index is 12.6. The summed E-state index contributed by atoms with van der Waals surface area (Å²) in [6.45, 7) is 5.20. The van der Waals surface area contributed by atoms with Gasteiger partial charge in [-0.3, -0.25) is 24.2 Å². The Hall–Kier alpha value is -3.46. The molecule has 0 atom stereocenters. The zero-order valence-electron chi connectivity index (χ0n) is 17.1. The molecule has 3 aromatic rings. The molecule has 0 bridgehead atoms. The van der Waals surface area contributed by atoms with Crippen LogP contribution in [-0.2, 0) is 0 Å². The zero-order valence-corrected chi connectivity index (χ0v) is 17.1. The fraction of sp³-hybridized carbons (Fsp3) is 0.364. The minimum Gasteiger partial charge on any atom is -0.369 e. The second-order valence-corrected chi connectivity index (χ2v) is 8.21. The topological polar surface area (TPSA) is 96.0 Å². The van der Waals surface area contributed by atoms with Crippen LogP contribution in [0.1, 0.15) is 12.8 Å². The summed E-state index contributed by atoms with van der Waals surface area (Å²) >= 11 is 0. The first-order valence-corrected chi connectivity index (χ1v) is 10.6. The second-order valence-electron chi connectivity index (χ2n) is 8.21. The van der Waals surface area contributed by atoms with Crippen molar-refractivity contribution in [2.24, 2.45) is 5.92 Å². The van der Waals surface area contributed by atoms with Crippen molar-refractivity contribution in [3.63, 3.8) is 0 Å². The average Bonchev–Trinajstić information content (AvgIpc) is 3.58. The highest BCUT2D eigenvalue weighted by Crippen LogP contribution is 2.31. The standard InChI is InChI=1S/C22H24N6O3/c29-22-20(28(30)31)21(24-19-6-1-2-9-27(19)22)23-17-4-3-5-18(14-17)26-12-10-25(11-13-26)15-16-7-8-16/h1-6,9,14,16,23H,7-8,10-13,15H2. The molecule has 3 heterocycles. The lowest BCUT2D eigenvalue weighted by Crippen LogP contribution is -2.47. The van der Waals surface area contributed by atoms with Gasteiger partial charge in [-0.25, -0.2) is 4.98 Å². The first-order chi connectivity index (χ1) is 15.1. The van der Waals surface area contributed by atoms with E-state index >= 15 is 0 Å². The molecule has 0 spiro atoms. The van der Waals surface area contributed by atoms with E-state index in [-0.39, 0.29) is 5.82 Å². The van der Waals surface area contributed by atoms with Crippen molar-refractivity contribution < 1.29 is 4.92 Å². The van der Waals surface area contributed by atoms with E-state index in [1.165, 1.54) is 30.0 Å². The van der Waals surface area contributed by atoms with Crippen molar-refractivity contribution in [2.45, 2.75) is 12.8 Å². The van der Waals surface area contributed by atoms with Gasteiger partial charge in [-0.2, -0.15) is 0 Å². The number of hydrogen-bond acceptors (Lipinski definition) is 7. The molecule has 2 aliphatic rings. The Bertz CT molecular complexity index is 1180. The molecule has 160 valence electrons. The van der Waals surface area contributed by atoms with Gasteiger partial charge in [0.1, 0.15) is 5.65 Å². The van der Waals surface area contributed by atoms with Gasteiger partial charge in [0.25, 0.3) is 0 Å². The number of nitrogens with one attached hydrogen (secondary N) is 1. The van der Waals surface area contributed by atoms with Crippen LogP contribution in [0.15, 0.2) is 53.5 Å². The number of fused-ring (bicyclic) bond motifs is 1. The van der Waals surface area contributed by atoms with Crippen molar-refractivity contribution in [1.82, 2.24) is 14.3 Å². The third kappa shape index (κ3) is 4.09. The molecule has 9 nitrogen and oxygen atoms in total. The van der Waals surface area contributed by atoms with Crippen molar-refractivity contribution in [3.05, 3.63) is 69.1 Å². The van der Waals surface area contributed by atoms with Crippen molar-refractivity contribution in [3.8, 4) is 0 Å². The predicted octanol–water partition coefficient (Wildman–Crippen LogP) is 2.88. The highest BCUT2D eigenvalue weighted by Gasteiger charge is 2.27. The van der Waals surface area contributed by atoms with Gasteiger partial charge in [-0.05, 0) is 49.1 Å². The minimum absolute atomic E-state index is 0.0485. The van der Waals surface area contributed by atoms with E-state index in [0.29, 0.717) is 11.3 Å². The number of pyridine rings is 1. The van der Waals surface area contributed by atoms with E-state index < -0.39 is 16.2 Å². The molecular formula is C22H24N6O3. The fourth-order valence-corrected chi connectivity index (χ4v) is 4.10. The maximum Gasteiger partial charge on any atom is 0.376 e. The molecule has 1 N–H and O–H groups in total. The van der Waals surface area contributed by atoms with Crippen LogP contribution in [0, 0.1) is 16.0 Å². The lowest BCUT2D eigenvalue weighted by Gasteiger charge is -2.36. The lowest BCUT2D eigenvalue weighted by molar-refractivity contribution is -0.385. The summed E-state index contributed by atoms with van der Waals surface area (Å²) in [5, 5.41) is 14.6. The van der Waals surface area contributed by atoms with Gasteiger partial charge >= 0.3 is 11.2 Å². The molecule has 0 radical (unpaired) electrons. The molecule has 31 heavy (non-hydrogen) atoms. The monoisotopic (exact) mass is 420 g/mol. The Balaban J connectivity index is 1.38. The quantitative estimate of drug-likeness (QED) is 0.484. The van der Waals surface area contributed by atoms with Crippen LogP contribution in [-0.4, -0.2) is 51.9 Å². The average molecular weight is 420 g/mol. The molecule has 2 aromatic heterocycles. The van der Waals surface area contributed by atoms with E-state index in [0.717, 1.165) is 37.8 Å². The number of nitro groups is 1. The predicted molar refractivity (Wildman–Crippen MR) is 119 cm³/mol. The van der Waals surface area contributed by atoms with Gasteiger partial charge < -0.3 is 10.2 Å². The Morgan fingerprint density at radius 2 is 1.90 bits per heavy atom. The van der Waals surface area contributed by atoms with Gasteiger partial charge in [-0.15, -0.1) is 0 Å². The van der Waals surface area contributed by atoms with E-state index in [9.17, 15) is 14.9 Å². The summed E-state index contributed by atoms with van der Waals surface area (Å²) in [6, 6.07) is 12.8. The summed E-state index contributed by atoms with van der Waals surface area (Å²) < 4.78 is 1.18. The van der Waals surface area contributed by atoms with Crippen LogP contribution in [0.4, 0.5) is 22.9 Å². The molecule has 1 aliphatic carbocycles. The van der Waals surface area contributed by atoms with Crippen LogP contribution in [0.25, 0.3) is 5.65 Å². The molecule has 5 rings (SSSR count). The van der Waals surface area contributed by atoms with E-state index in [4.69, 9.17) is 0 Å². The molecule has 1 aliphatic heterocycles. The zero-order chi connectivity index (χ0) is 21.4. The van der Waals surface area contributed by atoms with Gasteiger partial charge in [0.15, 0.2) is 0 Å². The summed E-state index contributed by atoms with van der Waals surface area (Å²) in [7, 11) is 0. The van der Waals surface area contributed by atoms with Gasteiger partial charge in [0, 0.05) is 50.3 Å². The largest absolute Gasteiger partial charge is 0.376 e. The number of piperazine rings is 1. The fourth-order valence-electron chi connectivity index (χ4n) is 4.10. The SMILES string of the molecule is O=c1c([N+](=O)[O-])c(Nc2cccc(N3CCN(CC4CC4)CC3)c2)nc2ccccn12. The summed E-state index contributed by atoms with van der Waals surface area (Å²) in [6.07, 6.45) is 4.21. The van der Waals surface area contributed by atoms with Gasteiger partial charge in [0.05, 0.1) is 4.92 Å². The highest BCUT2D eigenvalue weighted by atomic mass is 16.6. The Morgan fingerprint density at radius 1 is 1.10 bits per heavy atom. The molecule has 0 amide bonds. The van der Waals surface area contributed by atoms with Crippen LogP contribution in [0.5, 0.6) is 0 Å². The highest BCUT2D eigenvalue weighted by molar-refractivity contribution is 5.70. The first-order valence-electron chi connectivity index (χ1n) is 10.6. The third-order valence-electron chi connectivity index (χ3n) is 5.95. The summed E-state index contributed by atoms with van der Waals surface area (Å²) in [5.74, 6) is 0.848. The summed E-state index contributed by atoms with van der Waals surface area (Å²) in [4.78, 5) is 32.7. The minimum atomic E-state index is -0.707. The smallest absolute Gasteiger partial charge is 0.369 e. The van der Waals surface area contributed by atoms with Crippen LogP contribution in [0.3, 0.4) is 0 Å². The van der Waals surface area contributed by atoms with Crippen LogP contribution < -0.4 is 15.8 Å². The Kier molecular flexibility index (Phi) is 5.03. The van der Waals surface area contributed by atoms with Crippen molar-refractivity contribution in [1.29, 1.82) is 0 Å². The number of hydrogen-bond donors (Lipinski definition) is 1. The first kappa shape index (κ1) is 19.5. The normalized spacial score (nSPS) is 17.1. The number of aromatic nitrogens is 2. The Labute approximate surface area is 179 Å². The van der Waals surface area contributed by atoms with E-state index in [1.54, 1.807) is 18.2 Å². The molecule has 1 saturated heterocycles. The third-order valence-corrected chi connectivity index (χ3v) is 5.95. The molecule has 1 saturated carbocycles. The van der Waals surface area contributed by atoms with E-state index in [1.807, 2.05) is 24.3 Å². The van der Waals surface area contributed by atoms with Crippen LogP contribution in [0.2, 0.25) is 0 Å². The van der Waals surface area contributed by atoms with Crippen molar-refractivity contribution in [2.75, 3.05) is 42.9 Å². The van der Waals surface area contributed by atoms with Gasteiger partial charge in [0.2, 0.25) is 5.82 Å². The second kappa shape index (κ2) is 7.99. The molecule has 9 heteroatoms. The molecule has 0 unspecified atom stereocenters. The van der Waals surface area contributed by atoms with Gasteiger partial charge in [-0.1, -0.05) is 12.1 Å². The van der Waals surface area contributed by atoms with Crippen molar-refractivity contribution >= 4 is 28.5 Å².